The number of phenols is 1. The Morgan fingerprint density at radius 3 is 2.60 bits per heavy atom. The molecule has 0 aliphatic heterocycles. The molecule has 0 bridgehead atoms. The molecule has 0 spiro atoms. The summed E-state index contributed by atoms with van der Waals surface area (Å²) in [5, 5.41) is 12.6. The van der Waals surface area contributed by atoms with Gasteiger partial charge < -0.3 is 9.84 Å². The van der Waals surface area contributed by atoms with Crippen LogP contribution in [0.5, 0.6) is 11.5 Å². The summed E-state index contributed by atoms with van der Waals surface area (Å²) < 4.78 is 32.2. The Morgan fingerprint density at radius 1 is 1.20 bits per heavy atom. The molecule has 2 rings (SSSR count). The van der Waals surface area contributed by atoms with Gasteiger partial charge in [-0.25, -0.2) is 14.3 Å². The van der Waals surface area contributed by atoms with E-state index in [4.69, 9.17) is 10.3 Å². The molecule has 0 unspecified atom stereocenters. The van der Waals surface area contributed by atoms with Crippen molar-refractivity contribution in [2.24, 2.45) is 5.11 Å². The lowest BCUT2D eigenvalue weighted by molar-refractivity contribution is 0.397. The van der Waals surface area contributed by atoms with Crippen molar-refractivity contribution in [2.45, 2.75) is 6.54 Å². The van der Waals surface area contributed by atoms with Crippen molar-refractivity contribution in [1.29, 1.82) is 5.53 Å². The van der Waals surface area contributed by atoms with Gasteiger partial charge in [-0.15, -0.1) is 0 Å². The molecule has 0 radical (unpaired) electrons. The molecule has 6 heteroatoms. The van der Waals surface area contributed by atoms with Crippen LogP contribution in [-0.2, 0) is 6.54 Å². The molecule has 4 nitrogen and oxygen atoms in total. The summed E-state index contributed by atoms with van der Waals surface area (Å²) in [6.45, 7) is 0.0525. The zero-order chi connectivity index (χ0) is 14.7. The first kappa shape index (κ1) is 13.9. The minimum Gasteiger partial charge on any atom is -0.503 e. The highest BCUT2D eigenvalue weighted by atomic mass is 19.1. The van der Waals surface area contributed by atoms with E-state index in [2.05, 4.69) is 5.11 Å². The van der Waals surface area contributed by atoms with Crippen LogP contribution < -0.4 is 4.74 Å². The second-order valence-corrected chi connectivity index (χ2v) is 4.10. The Bertz CT molecular complexity index is 660. The molecular formula is C14H12F2N2O2. The van der Waals surface area contributed by atoms with E-state index in [1.165, 1.54) is 13.2 Å². The summed E-state index contributed by atoms with van der Waals surface area (Å²) in [5.74, 6) is -2.62. The zero-order valence-electron chi connectivity index (χ0n) is 10.7. The highest BCUT2D eigenvalue weighted by Crippen LogP contribution is 2.34. The number of halogens is 2. The second kappa shape index (κ2) is 5.64. The fourth-order valence-corrected chi connectivity index (χ4v) is 1.91. The molecule has 0 saturated heterocycles. The van der Waals surface area contributed by atoms with Crippen molar-refractivity contribution in [2.75, 3.05) is 7.11 Å². The fourth-order valence-electron chi connectivity index (χ4n) is 1.91. The molecule has 0 fully saturated rings. The molecule has 2 aromatic rings. The van der Waals surface area contributed by atoms with Crippen molar-refractivity contribution in [3.63, 3.8) is 0 Å². The third-order valence-corrected chi connectivity index (χ3v) is 2.92. The quantitative estimate of drug-likeness (QED) is 0.833. The minimum atomic E-state index is -1.05. The number of benzene rings is 2. The van der Waals surface area contributed by atoms with E-state index in [1.807, 2.05) is 0 Å². The van der Waals surface area contributed by atoms with Crippen LogP contribution in [0.4, 0.5) is 8.78 Å². The van der Waals surface area contributed by atoms with Gasteiger partial charge in [-0.1, -0.05) is 6.07 Å². The number of methoxy groups -OCH3 is 1. The van der Waals surface area contributed by atoms with Crippen LogP contribution >= 0.6 is 0 Å². The Labute approximate surface area is 114 Å². The van der Waals surface area contributed by atoms with Crippen LogP contribution in [0.3, 0.4) is 0 Å². The first-order valence-electron chi connectivity index (χ1n) is 5.76. The number of ether oxygens (including phenoxy) is 1. The Morgan fingerprint density at radius 2 is 1.95 bits per heavy atom. The van der Waals surface area contributed by atoms with Gasteiger partial charge in [-0.2, -0.15) is 5.11 Å². The molecule has 0 aliphatic rings. The highest BCUT2D eigenvalue weighted by molar-refractivity contribution is 5.71. The van der Waals surface area contributed by atoms with E-state index in [-0.39, 0.29) is 12.1 Å². The van der Waals surface area contributed by atoms with E-state index in [9.17, 15) is 13.9 Å². The van der Waals surface area contributed by atoms with Crippen LogP contribution in [0.25, 0.3) is 11.1 Å². The van der Waals surface area contributed by atoms with Crippen LogP contribution in [0.1, 0.15) is 5.56 Å². The molecule has 0 heterocycles. The number of nitrogens with zero attached hydrogens (tertiary/aromatic N) is 1. The first-order chi connectivity index (χ1) is 9.58. The number of rotatable bonds is 4. The molecule has 0 atom stereocenters. The van der Waals surface area contributed by atoms with Gasteiger partial charge in [-0.3, -0.25) is 0 Å². The van der Waals surface area contributed by atoms with Crippen molar-refractivity contribution in [1.82, 2.24) is 0 Å². The average Bonchev–Trinajstić information content (AvgIpc) is 2.46. The van der Waals surface area contributed by atoms with Crippen molar-refractivity contribution >= 4 is 0 Å². The van der Waals surface area contributed by atoms with E-state index in [0.29, 0.717) is 16.9 Å². The van der Waals surface area contributed by atoms with Crippen molar-refractivity contribution in [3.8, 4) is 22.6 Å². The maximum atomic E-state index is 14.0. The Hall–Kier alpha value is -2.50. The van der Waals surface area contributed by atoms with Crippen LogP contribution in [0.15, 0.2) is 35.4 Å². The molecule has 104 valence electrons. The van der Waals surface area contributed by atoms with E-state index in [1.54, 1.807) is 18.2 Å². The summed E-state index contributed by atoms with van der Waals surface area (Å²) in [6, 6.07) is 7.06. The maximum Gasteiger partial charge on any atom is 0.188 e. The van der Waals surface area contributed by atoms with Gasteiger partial charge in [0.1, 0.15) is 5.75 Å². The number of hydrogen-bond donors (Lipinski definition) is 2. The Kier molecular flexibility index (Phi) is 3.93. The van der Waals surface area contributed by atoms with Gasteiger partial charge >= 0.3 is 0 Å². The second-order valence-electron chi connectivity index (χ2n) is 4.10. The number of hydrogen-bond acceptors (Lipinski definition) is 4. The molecule has 2 aromatic carbocycles. The van der Waals surface area contributed by atoms with Crippen molar-refractivity contribution in [3.05, 3.63) is 47.5 Å². The SMILES string of the molecule is COc1ccc(CN=N)c(-c2ccc(F)c(O)c2F)c1. The number of phenolic OH excluding ortho intramolecular Hbond substituents is 1. The summed E-state index contributed by atoms with van der Waals surface area (Å²) in [6.07, 6.45) is 0. The predicted octanol–water partition coefficient (Wildman–Crippen LogP) is 3.88. The monoisotopic (exact) mass is 278 g/mol. The van der Waals surface area contributed by atoms with E-state index in [0.717, 1.165) is 6.07 Å². The van der Waals surface area contributed by atoms with Gasteiger partial charge in [0.25, 0.3) is 0 Å². The third-order valence-electron chi connectivity index (χ3n) is 2.92. The molecule has 0 amide bonds. The highest BCUT2D eigenvalue weighted by Gasteiger charge is 2.17. The molecular weight excluding hydrogens is 266 g/mol. The first-order valence-corrected chi connectivity index (χ1v) is 5.76. The summed E-state index contributed by atoms with van der Waals surface area (Å²) in [4.78, 5) is 0. The van der Waals surface area contributed by atoms with Gasteiger partial charge in [0.2, 0.25) is 0 Å². The van der Waals surface area contributed by atoms with Gasteiger partial charge in [0, 0.05) is 5.56 Å². The van der Waals surface area contributed by atoms with Gasteiger partial charge in [0.05, 0.1) is 13.7 Å². The Balaban J connectivity index is 2.66. The topological polar surface area (TPSA) is 65.7 Å². The molecule has 0 aliphatic carbocycles. The van der Waals surface area contributed by atoms with E-state index >= 15 is 0 Å². The zero-order valence-corrected chi connectivity index (χ0v) is 10.7. The molecule has 0 aromatic heterocycles. The largest absolute Gasteiger partial charge is 0.503 e. The predicted molar refractivity (Wildman–Crippen MR) is 68.9 cm³/mol. The number of aromatic hydroxyl groups is 1. The summed E-state index contributed by atoms with van der Waals surface area (Å²) in [7, 11) is 1.46. The third kappa shape index (κ3) is 2.45. The smallest absolute Gasteiger partial charge is 0.188 e. The normalized spacial score (nSPS) is 10.3. The number of nitrogens with one attached hydrogen (secondary N) is 1. The molecule has 2 N–H and O–H groups in total. The lowest BCUT2D eigenvalue weighted by atomic mass is 9.98. The summed E-state index contributed by atoms with van der Waals surface area (Å²) >= 11 is 0. The minimum absolute atomic E-state index is 0.0291. The average molecular weight is 278 g/mol. The van der Waals surface area contributed by atoms with Crippen LogP contribution in [0.2, 0.25) is 0 Å². The lowest BCUT2D eigenvalue weighted by Crippen LogP contribution is -1.94. The lowest BCUT2D eigenvalue weighted by Gasteiger charge is -2.11. The van der Waals surface area contributed by atoms with Crippen LogP contribution in [0, 0.1) is 17.2 Å². The van der Waals surface area contributed by atoms with E-state index < -0.39 is 17.4 Å². The summed E-state index contributed by atoms with van der Waals surface area (Å²) in [5.41, 5.74) is 7.92. The standard InChI is InChI=1S/C14H12F2N2O2/c1-20-9-3-2-8(7-18-17)11(6-9)10-4-5-12(15)14(19)13(10)16/h2-6,17,19H,7H2,1H3. The van der Waals surface area contributed by atoms with Crippen LogP contribution in [-0.4, -0.2) is 12.2 Å². The fraction of sp³-hybridized carbons (Fsp3) is 0.143. The van der Waals surface area contributed by atoms with Gasteiger partial charge in [0.15, 0.2) is 17.4 Å². The van der Waals surface area contributed by atoms with Crippen molar-refractivity contribution < 1.29 is 18.6 Å². The van der Waals surface area contributed by atoms with Gasteiger partial charge in [-0.05, 0) is 35.4 Å². The molecule has 0 saturated carbocycles. The molecule has 20 heavy (non-hydrogen) atoms. The maximum absolute atomic E-state index is 14.0.